The van der Waals surface area contributed by atoms with Gasteiger partial charge in [-0.05, 0) is 26.0 Å². The lowest BCUT2D eigenvalue weighted by atomic mass is 10.0. The Labute approximate surface area is 104 Å². The zero-order valence-corrected chi connectivity index (χ0v) is 11.4. The summed E-state index contributed by atoms with van der Waals surface area (Å²) >= 11 is 0. The zero-order valence-electron chi connectivity index (χ0n) is 11.4. The molecular formula is C13H25N3O. The summed E-state index contributed by atoms with van der Waals surface area (Å²) in [5.74, 6) is 0. The fourth-order valence-corrected chi connectivity index (χ4v) is 2.13. The van der Waals surface area contributed by atoms with Crippen LogP contribution in [0.4, 0.5) is 0 Å². The van der Waals surface area contributed by atoms with Gasteiger partial charge >= 0.3 is 0 Å². The van der Waals surface area contributed by atoms with E-state index < -0.39 is 0 Å². The average molecular weight is 239 g/mol. The number of nitrogens with zero attached hydrogens (tertiary/aromatic N) is 2. The minimum atomic E-state index is 0.266. The van der Waals surface area contributed by atoms with Crippen molar-refractivity contribution in [3.8, 4) is 0 Å². The normalized spacial score (nSPS) is 14.8. The maximum atomic E-state index is 5.79. The van der Waals surface area contributed by atoms with Gasteiger partial charge < -0.3 is 10.1 Å². The molecule has 1 rings (SSSR count). The highest BCUT2D eigenvalue weighted by Crippen LogP contribution is 2.10. The molecule has 2 unspecified atom stereocenters. The molecule has 1 aromatic heterocycles. The number of likely N-dealkylation sites (N-methyl/N-ethyl adjacent to an activating group) is 1. The summed E-state index contributed by atoms with van der Waals surface area (Å²) in [5, 5.41) is 7.93. The Kier molecular flexibility index (Phi) is 6.22. The summed E-state index contributed by atoms with van der Waals surface area (Å²) < 4.78 is 7.63. The Balaban J connectivity index is 2.63. The van der Waals surface area contributed by atoms with Crippen molar-refractivity contribution in [1.82, 2.24) is 15.1 Å². The highest BCUT2D eigenvalue weighted by atomic mass is 16.5. The first-order valence-corrected chi connectivity index (χ1v) is 6.54. The van der Waals surface area contributed by atoms with Crippen LogP contribution in [-0.2, 0) is 18.2 Å². The predicted molar refractivity (Wildman–Crippen MR) is 70.1 cm³/mol. The molecule has 0 bridgehead atoms. The molecule has 0 radical (unpaired) electrons. The molecule has 0 spiro atoms. The number of aromatic nitrogens is 2. The van der Waals surface area contributed by atoms with Crippen molar-refractivity contribution in [2.24, 2.45) is 7.05 Å². The van der Waals surface area contributed by atoms with Crippen LogP contribution < -0.4 is 5.32 Å². The van der Waals surface area contributed by atoms with Crippen LogP contribution in [0.1, 0.15) is 32.9 Å². The molecule has 0 aliphatic heterocycles. The molecular weight excluding hydrogens is 214 g/mol. The number of rotatable bonds is 8. The van der Waals surface area contributed by atoms with Crippen LogP contribution in [0.15, 0.2) is 12.3 Å². The van der Waals surface area contributed by atoms with Gasteiger partial charge in [-0.25, -0.2) is 0 Å². The molecule has 1 heterocycles. The Morgan fingerprint density at radius 1 is 1.41 bits per heavy atom. The van der Waals surface area contributed by atoms with Gasteiger partial charge in [-0.1, -0.05) is 13.8 Å². The molecule has 0 aliphatic rings. The first-order chi connectivity index (χ1) is 8.21. The third kappa shape index (κ3) is 4.48. The van der Waals surface area contributed by atoms with Gasteiger partial charge in [-0.2, -0.15) is 5.10 Å². The van der Waals surface area contributed by atoms with E-state index in [1.807, 2.05) is 24.9 Å². The topological polar surface area (TPSA) is 39.1 Å². The van der Waals surface area contributed by atoms with Gasteiger partial charge in [0.2, 0.25) is 0 Å². The van der Waals surface area contributed by atoms with Crippen molar-refractivity contribution < 1.29 is 4.74 Å². The van der Waals surface area contributed by atoms with Crippen LogP contribution in [0, 0.1) is 0 Å². The molecule has 0 fully saturated rings. The van der Waals surface area contributed by atoms with E-state index in [-0.39, 0.29) is 6.10 Å². The summed E-state index contributed by atoms with van der Waals surface area (Å²) in [7, 11) is 1.95. The fraction of sp³-hybridized carbons (Fsp3) is 0.769. The second kappa shape index (κ2) is 7.45. The standard InChI is InChI=1S/C13H25N3O/c1-5-13(17-7-3)12(14-6-2)10-11-8-9-16(4)15-11/h8-9,12-14H,5-7,10H2,1-4H3. The molecule has 1 aromatic rings. The van der Waals surface area contributed by atoms with Gasteiger partial charge in [-0.15, -0.1) is 0 Å². The van der Waals surface area contributed by atoms with Crippen LogP contribution in [-0.4, -0.2) is 35.1 Å². The average Bonchev–Trinajstić information content (AvgIpc) is 2.71. The fourth-order valence-electron chi connectivity index (χ4n) is 2.13. The summed E-state index contributed by atoms with van der Waals surface area (Å²) in [6, 6.07) is 2.42. The lowest BCUT2D eigenvalue weighted by molar-refractivity contribution is 0.0321. The molecule has 0 saturated heterocycles. The van der Waals surface area contributed by atoms with E-state index in [0.717, 1.165) is 31.7 Å². The molecule has 0 aromatic carbocycles. The van der Waals surface area contributed by atoms with E-state index in [1.54, 1.807) is 0 Å². The maximum Gasteiger partial charge on any atom is 0.0729 e. The lowest BCUT2D eigenvalue weighted by Crippen LogP contribution is -2.42. The predicted octanol–water partition coefficient (Wildman–Crippen LogP) is 1.76. The van der Waals surface area contributed by atoms with Crippen LogP contribution in [0.3, 0.4) is 0 Å². The minimum absolute atomic E-state index is 0.266. The van der Waals surface area contributed by atoms with Gasteiger partial charge in [0.05, 0.1) is 11.8 Å². The molecule has 98 valence electrons. The van der Waals surface area contributed by atoms with E-state index >= 15 is 0 Å². The highest BCUT2D eigenvalue weighted by molar-refractivity contribution is 5.02. The van der Waals surface area contributed by atoms with E-state index in [4.69, 9.17) is 4.74 Å². The Morgan fingerprint density at radius 2 is 2.18 bits per heavy atom. The second-order valence-corrected chi connectivity index (χ2v) is 4.25. The third-order valence-corrected chi connectivity index (χ3v) is 2.90. The van der Waals surface area contributed by atoms with Crippen LogP contribution in [0.5, 0.6) is 0 Å². The second-order valence-electron chi connectivity index (χ2n) is 4.25. The van der Waals surface area contributed by atoms with Crippen molar-refractivity contribution >= 4 is 0 Å². The lowest BCUT2D eigenvalue weighted by Gasteiger charge is -2.26. The van der Waals surface area contributed by atoms with Crippen LogP contribution in [0.25, 0.3) is 0 Å². The van der Waals surface area contributed by atoms with Crippen molar-refractivity contribution in [3.63, 3.8) is 0 Å². The number of aryl methyl sites for hydroxylation is 1. The van der Waals surface area contributed by atoms with Gasteiger partial charge in [0.1, 0.15) is 0 Å². The third-order valence-electron chi connectivity index (χ3n) is 2.90. The number of ether oxygens (including phenoxy) is 1. The van der Waals surface area contributed by atoms with Crippen molar-refractivity contribution in [3.05, 3.63) is 18.0 Å². The summed E-state index contributed by atoms with van der Waals surface area (Å²) in [5.41, 5.74) is 1.12. The quantitative estimate of drug-likeness (QED) is 0.751. The minimum Gasteiger partial charge on any atom is -0.377 e. The molecule has 0 amide bonds. The monoisotopic (exact) mass is 239 g/mol. The van der Waals surface area contributed by atoms with Gasteiger partial charge in [0.25, 0.3) is 0 Å². The first kappa shape index (κ1) is 14.2. The Bertz CT molecular complexity index is 311. The SMILES string of the molecule is CCNC(Cc1ccn(C)n1)C(CC)OCC. The number of hydrogen-bond acceptors (Lipinski definition) is 3. The van der Waals surface area contributed by atoms with Crippen LogP contribution >= 0.6 is 0 Å². The molecule has 0 saturated carbocycles. The van der Waals surface area contributed by atoms with Crippen LogP contribution in [0.2, 0.25) is 0 Å². The van der Waals surface area contributed by atoms with E-state index in [0.29, 0.717) is 6.04 Å². The molecule has 17 heavy (non-hydrogen) atoms. The van der Waals surface area contributed by atoms with Gasteiger partial charge in [-0.3, -0.25) is 4.68 Å². The van der Waals surface area contributed by atoms with Gasteiger partial charge in [0.15, 0.2) is 0 Å². The molecule has 4 nitrogen and oxygen atoms in total. The van der Waals surface area contributed by atoms with Gasteiger partial charge in [0, 0.05) is 32.3 Å². The first-order valence-electron chi connectivity index (χ1n) is 6.54. The Morgan fingerprint density at radius 3 is 2.65 bits per heavy atom. The summed E-state index contributed by atoms with van der Waals surface area (Å²) in [6.07, 6.45) is 4.20. The Hall–Kier alpha value is -0.870. The summed E-state index contributed by atoms with van der Waals surface area (Å²) in [6.45, 7) is 8.07. The van der Waals surface area contributed by atoms with E-state index in [2.05, 4.69) is 30.3 Å². The maximum absolute atomic E-state index is 5.79. The van der Waals surface area contributed by atoms with Crippen molar-refractivity contribution in [2.45, 2.75) is 45.8 Å². The highest BCUT2D eigenvalue weighted by Gasteiger charge is 2.20. The number of hydrogen-bond donors (Lipinski definition) is 1. The molecule has 0 aliphatic carbocycles. The molecule has 2 atom stereocenters. The van der Waals surface area contributed by atoms with E-state index in [1.165, 1.54) is 0 Å². The molecule has 4 heteroatoms. The van der Waals surface area contributed by atoms with Crippen molar-refractivity contribution in [1.29, 1.82) is 0 Å². The summed E-state index contributed by atoms with van der Waals surface area (Å²) in [4.78, 5) is 0. The molecule has 1 N–H and O–H groups in total. The van der Waals surface area contributed by atoms with E-state index in [9.17, 15) is 0 Å². The number of nitrogens with one attached hydrogen (secondary N) is 1. The van der Waals surface area contributed by atoms with Crippen molar-refractivity contribution in [2.75, 3.05) is 13.2 Å². The largest absolute Gasteiger partial charge is 0.377 e. The smallest absolute Gasteiger partial charge is 0.0729 e. The zero-order chi connectivity index (χ0) is 12.7.